The molecule has 2 aromatic heterocycles. The summed E-state index contributed by atoms with van der Waals surface area (Å²) in [7, 11) is 0. The topological polar surface area (TPSA) is 59.7 Å². The molecule has 27 heavy (non-hydrogen) atoms. The molecule has 0 radical (unpaired) electrons. The molecule has 1 aliphatic rings. The van der Waals surface area contributed by atoms with Gasteiger partial charge in [0.15, 0.2) is 5.15 Å². The van der Waals surface area contributed by atoms with E-state index in [4.69, 9.17) is 16.3 Å². The minimum atomic E-state index is -0.216. The van der Waals surface area contributed by atoms with Gasteiger partial charge >= 0.3 is 5.97 Å². The van der Waals surface area contributed by atoms with Gasteiger partial charge in [-0.05, 0) is 24.9 Å². The second-order valence-corrected chi connectivity index (χ2v) is 7.08. The third kappa shape index (κ3) is 3.96. The molecule has 0 unspecified atom stereocenters. The highest BCUT2D eigenvalue weighted by Crippen LogP contribution is 2.31. The van der Waals surface area contributed by atoms with E-state index < -0.39 is 0 Å². The summed E-state index contributed by atoms with van der Waals surface area (Å²) >= 11 is 6.17. The SMILES string of the molecule is O=C(CN1CCCC[C@H]1c1ncc2c(Cl)nccn12)OCc1ccccc1. The van der Waals surface area contributed by atoms with Gasteiger partial charge in [0.2, 0.25) is 0 Å². The highest BCUT2D eigenvalue weighted by Gasteiger charge is 2.29. The highest BCUT2D eigenvalue weighted by atomic mass is 35.5. The minimum absolute atomic E-state index is 0.0593. The maximum Gasteiger partial charge on any atom is 0.320 e. The molecule has 0 spiro atoms. The van der Waals surface area contributed by atoms with E-state index in [1.807, 2.05) is 40.9 Å². The fourth-order valence-corrected chi connectivity index (χ4v) is 3.78. The van der Waals surface area contributed by atoms with Gasteiger partial charge in [0.05, 0.1) is 18.8 Å². The lowest BCUT2D eigenvalue weighted by Gasteiger charge is -2.34. The number of imidazole rings is 1. The summed E-state index contributed by atoms with van der Waals surface area (Å²) in [6.07, 6.45) is 8.39. The molecule has 3 heterocycles. The summed E-state index contributed by atoms with van der Waals surface area (Å²) in [4.78, 5) is 23.2. The molecule has 1 atom stereocenters. The number of likely N-dealkylation sites (tertiary alicyclic amines) is 1. The Labute approximate surface area is 162 Å². The largest absolute Gasteiger partial charge is 0.460 e. The number of benzene rings is 1. The molecule has 1 aliphatic heterocycles. The van der Waals surface area contributed by atoms with E-state index in [2.05, 4.69) is 14.9 Å². The van der Waals surface area contributed by atoms with Crippen molar-refractivity contribution in [1.29, 1.82) is 0 Å². The van der Waals surface area contributed by atoms with E-state index in [9.17, 15) is 4.79 Å². The van der Waals surface area contributed by atoms with Crippen molar-refractivity contribution in [3.05, 3.63) is 65.5 Å². The number of carbonyl (C=O) groups excluding carboxylic acids is 1. The zero-order chi connectivity index (χ0) is 18.6. The third-order valence-electron chi connectivity index (χ3n) is 4.93. The number of nitrogens with zero attached hydrogens (tertiary/aromatic N) is 4. The van der Waals surface area contributed by atoms with E-state index in [1.54, 1.807) is 12.4 Å². The Morgan fingerprint density at radius 2 is 2.07 bits per heavy atom. The standard InChI is InChI=1S/C20H21ClN4O2/c21-19-17-12-23-20(25(17)11-9-22-19)16-8-4-5-10-24(16)13-18(26)27-14-15-6-2-1-3-7-15/h1-3,6-7,9,11-12,16H,4-5,8,10,13-14H2/t16-/m0/s1. The number of hydrogen-bond donors (Lipinski definition) is 0. The number of esters is 1. The molecule has 140 valence electrons. The van der Waals surface area contributed by atoms with Gasteiger partial charge in [0, 0.05) is 12.4 Å². The Morgan fingerprint density at radius 1 is 1.22 bits per heavy atom. The van der Waals surface area contributed by atoms with Crippen molar-refractivity contribution >= 4 is 23.1 Å². The van der Waals surface area contributed by atoms with Gasteiger partial charge in [-0.1, -0.05) is 48.4 Å². The van der Waals surface area contributed by atoms with Crippen molar-refractivity contribution in [2.24, 2.45) is 0 Å². The summed E-state index contributed by atoms with van der Waals surface area (Å²) in [5.41, 5.74) is 1.77. The zero-order valence-corrected chi connectivity index (χ0v) is 15.7. The number of hydrogen-bond acceptors (Lipinski definition) is 5. The molecule has 0 bridgehead atoms. The van der Waals surface area contributed by atoms with Crippen LogP contribution in [0.2, 0.25) is 5.15 Å². The number of aromatic nitrogens is 3. The van der Waals surface area contributed by atoms with Crippen LogP contribution in [0.1, 0.15) is 36.7 Å². The van der Waals surface area contributed by atoms with Crippen LogP contribution in [0, 0.1) is 0 Å². The second kappa shape index (κ2) is 8.06. The molecule has 7 heteroatoms. The van der Waals surface area contributed by atoms with Crippen molar-refractivity contribution in [3.63, 3.8) is 0 Å². The molecule has 0 N–H and O–H groups in total. The van der Waals surface area contributed by atoms with E-state index >= 15 is 0 Å². The fraction of sp³-hybridized carbons (Fsp3) is 0.350. The van der Waals surface area contributed by atoms with Gasteiger partial charge in [0.1, 0.15) is 17.9 Å². The van der Waals surface area contributed by atoms with Crippen molar-refractivity contribution in [1.82, 2.24) is 19.3 Å². The Morgan fingerprint density at radius 3 is 2.93 bits per heavy atom. The quantitative estimate of drug-likeness (QED) is 0.628. The normalized spacial score (nSPS) is 17.9. The summed E-state index contributed by atoms with van der Waals surface area (Å²) in [6, 6.07) is 9.78. The molecular weight excluding hydrogens is 364 g/mol. The molecular formula is C20H21ClN4O2. The molecule has 1 saturated heterocycles. The van der Waals surface area contributed by atoms with Crippen molar-refractivity contribution in [3.8, 4) is 0 Å². The lowest BCUT2D eigenvalue weighted by molar-refractivity contribution is -0.147. The van der Waals surface area contributed by atoms with Crippen LogP contribution in [0.15, 0.2) is 48.9 Å². The number of halogens is 1. The predicted octanol–water partition coefficient (Wildman–Crippen LogP) is 3.65. The maximum absolute atomic E-state index is 12.4. The van der Waals surface area contributed by atoms with Gasteiger partial charge in [-0.25, -0.2) is 9.97 Å². The summed E-state index contributed by atoms with van der Waals surface area (Å²) in [5, 5.41) is 0.431. The molecule has 4 rings (SSSR count). The van der Waals surface area contributed by atoms with Crippen LogP contribution >= 0.6 is 11.6 Å². The van der Waals surface area contributed by atoms with Crippen molar-refractivity contribution in [2.45, 2.75) is 31.9 Å². The molecule has 1 fully saturated rings. The van der Waals surface area contributed by atoms with Crippen LogP contribution in [-0.2, 0) is 16.1 Å². The first kappa shape index (κ1) is 17.9. The minimum Gasteiger partial charge on any atom is -0.460 e. The Hall–Kier alpha value is -2.44. The lowest BCUT2D eigenvalue weighted by Crippen LogP contribution is -2.38. The van der Waals surface area contributed by atoms with Crippen LogP contribution in [-0.4, -0.2) is 38.3 Å². The van der Waals surface area contributed by atoms with E-state index in [-0.39, 0.29) is 18.6 Å². The maximum atomic E-state index is 12.4. The monoisotopic (exact) mass is 384 g/mol. The van der Waals surface area contributed by atoms with E-state index in [0.29, 0.717) is 11.8 Å². The summed E-state index contributed by atoms with van der Waals surface area (Å²) < 4.78 is 7.43. The number of carbonyl (C=O) groups is 1. The second-order valence-electron chi connectivity index (χ2n) is 6.72. The number of rotatable bonds is 5. The smallest absolute Gasteiger partial charge is 0.320 e. The molecule has 0 saturated carbocycles. The van der Waals surface area contributed by atoms with Gasteiger partial charge in [-0.3, -0.25) is 14.1 Å². The predicted molar refractivity (Wildman–Crippen MR) is 102 cm³/mol. The first-order chi connectivity index (χ1) is 13.2. The molecule has 3 aromatic rings. The van der Waals surface area contributed by atoms with E-state index in [1.165, 1.54) is 0 Å². The van der Waals surface area contributed by atoms with Gasteiger partial charge in [-0.2, -0.15) is 0 Å². The van der Waals surface area contributed by atoms with Crippen molar-refractivity contribution < 1.29 is 9.53 Å². The number of ether oxygens (including phenoxy) is 1. The zero-order valence-electron chi connectivity index (χ0n) is 14.9. The fourth-order valence-electron chi connectivity index (χ4n) is 3.58. The average molecular weight is 385 g/mol. The average Bonchev–Trinajstić information content (AvgIpc) is 3.13. The first-order valence-corrected chi connectivity index (χ1v) is 9.51. The highest BCUT2D eigenvalue weighted by molar-refractivity contribution is 6.32. The molecule has 0 aliphatic carbocycles. The first-order valence-electron chi connectivity index (χ1n) is 9.13. The Balaban J connectivity index is 1.47. The van der Waals surface area contributed by atoms with Crippen LogP contribution < -0.4 is 0 Å². The van der Waals surface area contributed by atoms with Crippen LogP contribution in [0.5, 0.6) is 0 Å². The summed E-state index contributed by atoms with van der Waals surface area (Å²) in [5.74, 6) is 0.677. The van der Waals surface area contributed by atoms with Gasteiger partial charge in [-0.15, -0.1) is 0 Å². The van der Waals surface area contributed by atoms with Crippen LogP contribution in [0.25, 0.3) is 5.52 Å². The Bertz CT molecular complexity index is 928. The van der Waals surface area contributed by atoms with Gasteiger partial charge < -0.3 is 4.74 Å². The number of fused-ring (bicyclic) bond motifs is 1. The molecule has 0 amide bonds. The third-order valence-corrected chi connectivity index (χ3v) is 5.22. The molecule has 6 nitrogen and oxygen atoms in total. The van der Waals surface area contributed by atoms with Gasteiger partial charge in [0.25, 0.3) is 0 Å². The van der Waals surface area contributed by atoms with Crippen LogP contribution in [0.4, 0.5) is 0 Å². The summed E-state index contributed by atoms with van der Waals surface area (Å²) in [6.45, 7) is 1.40. The molecule has 1 aromatic carbocycles. The van der Waals surface area contributed by atoms with E-state index in [0.717, 1.165) is 42.7 Å². The van der Waals surface area contributed by atoms with Crippen molar-refractivity contribution in [2.75, 3.05) is 13.1 Å². The lowest BCUT2D eigenvalue weighted by atomic mass is 10.0. The van der Waals surface area contributed by atoms with Crippen LogP contribution in [0.3, 0.4) is 0 Å². The Kier molecular flexibility index (Phi) is 5.36. The number of piperidine rings is 1.